The summed E-state index contributed by atoms with van der Waals surface area (Å²) in [5, 5.41) is 26.1. The Kier molecular flexibility index (Phi) is 10.2. The number of fused-ring (bicyclic) bond motifs is 2. The molecule has 0 aromatic heterocycles. The van der Waals surface area contributed by atoms with Gasteiger partial charge >= 0.3 is 26.4 Å². The Morgan fingerprint density at radius 3 is 2.05 bits per heavy atom. The van der Waals surface area contributed by atoms with Crippen molar-refractivity contribution in [3.63, 3.8) is 0 Å². The van der Waals surface area contributed by atoms with Gasteiger partial charge in [0.15, 0.2) is 0 Å². The van der Waals surface area contributed by atoms with Crippen molar-refractivity contribution >= 4 is 60.7 Å². The molecular weight excluding hydrogens is 731 g/mol. The van der Waals surface area contributed by atoms with E-state index in [1.165, 1.54) is 29.2 Å². The molecule has 2 saturated heterocycles. The minimum atomic E-state index is -4.69. The third-order valence-electron chi connectivity index (χ3n) is 9.85. The lowest BCUT2D eigenvalue weighted by Gasteiger charge is -2.27. The fourth-order valence-corrected chi connectivity index (χ4v) is 6.94. The van der Waals surface area contributed by atoms with Gasteiger partial charge in [0.25, 0.3) is 23.6 Å². The molecule has 20 heteroatoms. The van der Waals surface area contributed by atoms with Gasteiger partial charge in [-0.05, 0) is 70.4 Å². The van der Waals surface area contributed by atoms with Crippen molar-refractivity contribution in [3.05, 3.63) is 94.0 Å². The van der Waals surface area contributed by atoms with Crippen LogP contribution in [0.1, 0.15) is 74.7 Å². The highest BCUT2D eigenvalue weighted by molar-refractivity contribution is 6.62. The fourth-order valence-electron chi connectivity index (χ4n) is 6.94. The van der Waals surface area contributed by atoms with Crippen LogP contribution in [-0.4, -0.2) is 88.4 Å². The lowest BCUT2D eigenvalue weighted by Crippen LogP contribution is -2.47. The standard InChI is InChI=1S/C35H31B2F3N4O11/c38-35(39,40)23-7-5-18(6-8-23)27(14-31(47)55-44-29(45)9-10-30(44)46)42-33(49)28-13-24(41-32(48)19-1-3-21-16-53-36(51)25(21)11-19)15-43(28)34(50)20-2-4-22-17-54-37(52)26(22)12-20/h1-8,11-12,24,27-28,51-52H,9-10,13-17H2,(H,41,48)(H,42,49)/t24-,27-,28-/m0/s1. The maximum Gasteiger partial charge on any atom is 0.491 e. The third kappa shape index (κ3) is 7.84. The van der Waals surface area contributed by atoms with Crippen LogP contribution in [-0.2, 0) is 52.7 Å². The number of hydrogen-bond donors (Lipinski definition) is 4. The molecule has 4 N–H and O–H groups in total. The quantitative estimate of drug-likeness (QED) is 0.169. The first-order valence-electron chi connectivity index (χ1n) is 17.2. The van der Waals surface area contributed by atoms with Crippen LogP contribution in [0.5, 0.6) is 0 Å². The first kappa shape index (κ1) is 37.7. The number of benzene rings is 3. The number of hydroxylamine groups is 2. The molecule has 3 aromatic carbocycles. The summed E-state index contributed by atoms with van der Waals surface area (Å²) >= 11 is 0. The Hall–Kier alpha value is -5.56. The highest BCUT2D eigenvalue weighted by Crippen LogP contribution is 2.31. The lowest BCUT2D eigenvalue weighted by molar-refractivity contribution is -0.197. The average molecular weight is 762 g/mol. The van der Waals surface area contributed by atoms with Crippen molar-refractivity contribution < 1.29 is 66.1 Å². The van der Waals surface area contributed by atoms with Gasteiger partial charge in [0.1, 0.15) is 6.04 Å². The van der Waals surface area contributed by atoms with Crippen LogP contribution in [0.25, 0.3) is 0 Å². The van der Waals surface area contributed by atoms with Crippen molar-refractivity contribution in [2.75, 3.05) is 6.54 Å². The zero-order chi connectivity index (χ0) is 39.2. The molecule has 7 rings (SSSR count). The average Bonchev–Trinajstić information content (AvgIpc) is 3.93. The van der Waals surface area contributed by atoms with E-state index >= 15 is 0 Å². The van der Waals surface area contributed by atoms with E-state index in [4.69, 9.17) is 14.1 Å². The Labute approximate surface area is 310 Å². The molecule has 0 aliphatic carbocycles. The highest BCUT2D eigenvalue weighted by atomic mass is 19.4. The summed E-state index contributed by atoms with van der Waals surface area (Å²) in [4.78, 5) is 84.9. The molecule has 0 bridgehead atoms. The zero-order valence-corrected chi connectivity index (χ0v) is 28.7. The van der Waals surface area contributed by atoms with Crippen LogP contribution in [0.4, 0.5) is 13.2 Å². The maximum atomic E-state index is 14.2. The molecule has 3 aromatic rings. The van der Waals surface area contributed by atoms with E-state index in [-0.39, 0.29) is 55.7 Å². The normalized spacial score (nSPS) is 19.7. The van der Waals surface area contributed by atoms with E-state index in [1.54, 1.807) is 12.1 Å². The van der Waals surface area contributed by atoms with E-state index in [1.807, 2.05) is 0 Å². The summed E-state index contributed by atoms with van der Waals surface area (Å²) in [7, 11) is -2.49. The Morgan fingerprint density at radius 1 is 0.873 bits per heavy atom. The van der Waals surface area contributed by atoms with Crippen LogP contribution < -0.4 is 21.6 Å². The molecule has 0 radical (unpaired) electrons. The summed E-state index contributed by atoms with van der Waals surface area (Å²) in [5.74, 6) is -4.77. The molecular formula is C35H31B2F3N4O11. The van der Waals surface area contributed by atoms with Crippen LogP contribution in [0, 0.1) is 0 Å². The van der Waals surface area contributed by atoms with Gasteiger partial charge in [-0.25, -0.2) is 4.79 Å². The van der Waals surface area contributed by atoms with E-state index in [0.717, 1.165) is 24.3 Å². The number of carbonyl (C=O) groups excluding carboxylic acids is 6. The van der Waals surface area contributed by atoms with Gasteiger partial charge in [-0.2, -0.15) is 13.2 Å². The number of nitrogens with one attached hydrogen (secondary N) is 2. The molecule has 15 nitrogen and oxygen atoms in total. The first-order valence-corrected chi connectivity index (χ1v) is 17.2. The summed E-state index contributed by atoms with van der Waals surface area (Å²) in [6.45, 7) is 0.107. The second kappa shape index (κ2) is 14.9. The van der Waals surface area contributed by atoms with Crippen molar-refractivity contribution in [1.82, 2.24) is 20.6 Å². The summed E-state index contributed by atoms with van der Waals surface area (Å²) < 4.78 is 50.6. The van der Waals surface area contributed by atoms with Crippen molar-refractivity contribution in [2.45, 2.75) is 63.2 Å². The monoisotopic (exact) mass is 762 g/mol. The van der Waals surface area contributed by atoms with Gasteiger partial charge in [-0.1, -0.05) is 24.3 Å². The number of carbonyl (C=O) groups is 6. The highest BCUT2D eigenvalue weighted by Gasteiger charge is 2.43. The number of nitrogens with zero attached hydrogens (tertiary/aromatic N) is 2. The van der Waals surface area contributed by atoms with Gasteiger partial charge in [-0.3, -0.25) is 24.0 Å². The molecule has 5 amide bonds. The SMILES string of the molecule is O=C(C[C@H](NC(=O)[C@@H]1C[C@H](NC(=O)c2ccc3c(c2)B(O)OC3)CN1C(=O)c1ccc2c(c1)B(O)OC2)c1ccc(C(F)(F)F)cc1)ON1C(=O)CCC1=O. The van der Waals surface area contributed by atoms with Crippen LogP contribution in [0.15, 0.2) is 60.7 Å². The van der Waals surface area contributed by atoms with E-state index in [9.17, 15) is 52.0 Å². The fraction of sp³-hybridized carbons (Fsp3) is 0.314. The minimum absolute atomic E-state index is 0.0356. The van der Waals surface area contributed by atoms with E-state index < -0.39 is 86.0 Å². The largest absolute Gasteiger partial charge is 0.491 e. The number of hydrogen-bond acceptors (Lipinski definition) is 11. The van der Waals surface area contributed by atoms with Crippen molar-refractivity contribution in [3.8, 4) is 0 Å². The minimum Gasteiger partial charge on any atom is -0.423 e. The molecule has 4 heterocycles. The molecule has 4 aliphatic heterocycles. The second-order valence-electron chi connectivity index (χ2n) is 13.5. The van der Waals surface area contributed by atoms with Crippen molar-refractivity contribution in [2.24, 2.45) is 0 Å². The molecule has 4 aliphatic rings. The van der Waals surface area contributed by atoms with Gasteiger partial charge in [0.2, 0.25) is 5.91 Å². The Balaban J connectivity index is 1.15. The second-order valence-corrected chi connectivity index (χ2v) is 13.5. The van der Waals surface area contributed by atoms with Crippen LogP contribution in [0.3, 0.4) is 0 Å². The zero-order valence-electron chi connectivity index (χ0n) is 28.7. The van der Waals surface area contributed by atoms with Gasteiger partial charge < -0.3 is 39.7 Å². The molecule has 0 unspecified atom stereocenters. The number of alkyl halides is 3. The number of likely N-dealkylation sites (tertiary alicyclic amines) is 1. The number of amides is 5. The maximum absolute atomic E-state index is 14.2. The molecule has 3 atom stereocenters. The topological polar surface area (TPSA) is 201 Å². The predicted molar refractivity (Wildman–Crippen MR) is 182 cm³/mol. The number of halogens is 3. The summed E-state index contributed by atoms with van der Waals surface area (Å²) in [5.41, 5.74) is 1.43. The third-order valence-corrected chi connectivity index (χ3v) is 9.85. The van der Waals surface area contributed by atoms with Crippen LogP contribution >= 0.6 is 0 Å². The summed E-state index contributed by atoms with van der Waals surface area (Å²) in [6.07, 6.45) is -5.94. The number of imide groups is 1. The smallest absolute Gasteiger partial charge is 0.423 e. The molecule has 55 heavy (non-hydrogen) atoms. The molecule has 0 spiro atoms. The first-order chi connectivity index (χ1) is 26.2. The Morgan fingerprint density at radius 2 is 1.45 bits per heavy atom. The molecule has 0 saturated carbocycles. The van der Waals surface area contributed by atoms with E-state index in [2.05, 4.69) is 10.6 Å². The van der Waals surface area contributed by atoms with Crippen molar-refractivity contribution in [1.29, 1.82) is 0 Å². The van der Waals surface area contributed by atoms with Crippen LogP contribution in [0.2, 0.25) is 0 Å². The summed E-state index contributed by atoms with van der Waals surface area (Å²) in [6, 6.07) is 9.25. The van der Waals surface area contributed by atoms with Gasteiger partial charge in [0, 0.05) is 36.6 Å². The number of rotatable bonds is 9. The predicted octanol–water partition coefficient (Wildman–Crippen LogP) is 0.00870. The lowest BCUT2D eigenvalue weighted by atomic mass is 9.78. The Bertz CT molecular complexity index is 2070. The van der Waals surface area contributed by atoms with Gasteiger partial charge in [-0.15, -0.1) is 5.06 Å². The van der Waals surface area contributed by atoms with E-state index in [0.29, 0.717) is 27.1 Å². The molecule has 284 valence electrons. The van der Waals surface area contributed by atoms with Gasteiger partial charge in [0.05, 0.1) is 31.2 Å². The molecule has 2 fully saturated rings.